The summed E-state index contributed by atoms with van der Waals surface area (Å²) in [5.74, 6) is 3.05. The molecule has 13 heavy (non-hydrogen) atoms. The highest BCUT2D eigenvalue weighted by atomic mass is 32.2. The van der Waals surface area contributed by atoms with E-state index in [2.05, 4.69) is 19.9 Å². The van der Waals surface area contributed by atoms with Gasteiger partial charge in [-0.1, -0.05) is 13.8 Å². The van der Waals surface area contributed by atoms with Crippen LogP contribution in [0.1, 0.15) is 25.4 Å². The van der Waals surface area contributed by atoms with Crippen LogP contribution in [0.2, 0.25) is 0 Å². The second kappa shape index (κ2) is 5.35. The van der Waals surface area contributed by atoms with Crippen LogP contribution in [0.5, 0.6) is 0 Å². The Bertz CT molecular complexity index is 247. The molecule has 0 fully saturated rings. The van der Waals surface area contributed by atoms with E-state index in [1.54, 1.807) is 0 Å². The number of furan rings is 1. The van der Waals surface area contributed by atoms with Crippen LogP contribution in [0.15, 0.2) is 16.5 Å². The zero-order valence-electron chi connectivity index (χ0n) is 8.25. The topological polar surface area (TPSA) is 39.2 Å². The van der Waals surface area contributed by atoms with E-state index in [1.165, 1.54) is 0 Å². The van der Waals surface area contributed by atoms with Gasteiger partial charge in [-0.3, -0.25) is 0 Å². The van der Waals surface area contributed by atoms with Crippen molar-refractivity contribution >= 4 is 11.8 Å². The Hall–Kier alpha value is -0.410. The summed E-state index contributed by atoms with van der Waals surface area (Å²) in [4.78, 5) is 0. The normalized spacial score (nSPS) is 13.2. The molecular weight excluding hydrogens is 182 g/mol. The highest BCUT2D eigenvalue weighted by Crippen LogP contribution is 2.18. The molecule has 74 valence electrons. The Balaban J connectivity index is 2.36. The van der Waals surface area contributed by atoms with Crippen LogP contribution in [-0.2, 0) is 12.2 Å². The molecule has 1 unspecified atom stereocenters. The number of aryl methyl sites for hydroxylation is 1. The minimum Gasteiger partial charge on any atom is -0.465 e. The van der Waals surface area contributed by atoms with E-state index in [9.17, 15) is 0 Å². The molecule has 0 aliphatic carbocycles. The van der Waals surface area contributed by atoms with Crippen LogP contribution < -0.4 is 5.73 Å². The smallest absolute Gasteiger partial charge is 0.114 e. The molecule has 1 rings (SSSR count). The first kappa shape index (κ1) is 10.7. The van der Waals surface area contributed by atoms with Crippen molar-refractivity contribution < 1.29 is 4.42 Å². The monoisotopic (exact) mass is 199 g/mol. The van der Waals surface area contributed by atoms with Crippen molar-refractivity contribution in [3.8, 4) is 0 Å². The Morgan fingerprint density at radius 2 is 2.15 bits per heavy atom. The maximum absolute atomic E-state index is 5.57. The average molecular weight is 199 g/mol. The van der Waals surface area contributed by atoms with E-state index in [1.807, 2.05) is 17.8 Å². The molecule has 1 aromatic rings. The van der Waals surface area contributed by atoms with Crippen molar-refractivity contribution in [2.45, 2.75) is 31.3 Å². The molecule has 0 aliphatic heterocycles. The third-order valence-corrected chi connectivity index (χ3v) is 3.12. The lowest BCUT2D eigenvalue weighted by Gasteiger charge is -2.05. The van der Waals surface area contributed by atoms with Gasteiger partial charge in [-0.15, -0.1) is 11.8 Å². The van der Waals surface area contributed by atoms with E-state index >= 15 is 0 Å². The molecule has 0 saturated heterocycles. The first-order valence-electron chi connectivity index (χ1n) is 4.65. The zero-order valence-corrected chi connectivity index (χ0v) is 9.06. The second-order valence-electron chi connectivity index (χ2n) is 3.08. The average Bonchev–Trinajstić information content (AvgIpc) is 2.61. The maximum Gasteiger partial charge on any atom is 0.114 e. The fourth-order valence-electron chi connectivity index (χ4n) is 0.982. The van der Waals surface area contributed by atoms with Crippen molar-refractivity contribution in [2.24, 2.45) is 5.73 Å². The zero-order chi connectivity index (χ0) is 9.68. The Labute approximate surface area is 83.9 Å². The van der Waals surface area contributed by atoms with E-state index in [4.69, 9.17) is 10.2 Å². The molecule has 0 radical (unpaired) electrons. The molecule has 0 aromatic carbocycles. The highest BCUT2D eigenvalue weighted by molar-refractivity contribution is 7.99. The van der Waals surface area contributed by atoms with Crippen molar-refractivity contribution in [3.05, 3.63) is 23.7 Å². The van der Waals surface area contributed by atoms with E-state index in [0.29, 0.717) is 5.25 Å². The van der Waals surface area contributed by atoms with Crippen LogP contribution in [0.4, 0.5) is 0 Å². The van der Waals surface area contributed by atoms with Gasteiger partial charge in [0.05, 0.1) is 5.75 Å². The summed E-state index contributed by atoms with van der Waals surface area (Å²) in [7, 11) is 0. The largest absolute Gasteiger partial charge is 0.465 e. The van der Waals surface area contributed by atoms with Crippen LogP contribution in [0, 0.1) is 0 Å². The third kappa shape index (κ3) is 3.44. The van der Waals surface area contributed by atoms with Gasteiger partial charge in [0, 0.05) is 18.2 Å². The summed E-state index contributed by atoms with van der Waals surface area (Å²) < 4.78 is 5.57. The fraction of sp³-hybridized carbons (Fsp3) is 0.600. The lowest BCUT2D eigenvalue weighted by molar-refractivity contribution is 0.485. The van der Waals surface area contributed by atoms with Crippen LogP contribution in [-0.4, -0.2) is 11.8 Å². The summed E-state index contributed by atoms with van der Waals surface area (Å²) in [5, 5.41) is 0.509. The van der Waals surface area contributed by atoms with Gasteiger partial charge in [-0.2, -0.15) is 0 Å². The molecule has 1 heterocycles. The maximum atomic E-state index is 5.57. The Morgan fingerprint density at radius 1 is 1.46 bits per heavy atom. The molecule has 1 aromatic heterocycles. The number of hydrogen-bond donors (Lipinski definition) is 1. The minimum absolute atomic E-state index is 0.509. The van der Waals surface area contributed by atoms with Crippen molar-refractivity contribution in [3.63, 3.8) is 0 Å². The molecule has 0 bridgehead atoms. The standard InChI is InChI=1S/C10H17NOS/c1-3-9-4-5-10(12-9)7-13-8(2)6-11/h4-5,8H,3,6-7,11H2,1-2H3. The minimum atomic E-state index is 0.509. The SMILES string of the molecule is CCc1ccc(CSC(C)CN)o1. The third-order valence-electron chi connectivity index (χ3n) is 1.91. The highest BCUT2D eigenvalue weighted by Gasteiger charge is 2.03. The van der Waals surface area contributed by atoms with Gasteiger partial charge in [0.15, 0.2) is 0 Å². The molecule has 2 N–H and O–H groups in total. The van der Waals surface area contributed by atoms with E-state index in [-0.39, 0.29) is 0 Å². The molecule has 0 saturated carbocycles. The molecule has 3 heteroatoms. The second-order valence-corrected chi connectivity index (χ2v) is 4.51. The van der Waals surface area contributed by atoms with Crippen LogP contribution >= 0.6 is 11.8 Å². The van der Waals surface area contributed by atoms with Crippen molar-refractivity contribution in [1.82, 2.24) is 0 Å². The molecule has 0 spiro atoms. The first-order chi connectivity index (χ1) is 6.26. The van der Waals surface area contributed by atoms with Gasteiger partial charge >= 0.3 is 0 Å². The summed E-state index contributed by atoms with van der Waals surface area (Å²) in [6, 6.07) is 4.10. The van der Waals surface area contributed by atoms with E-state index in [0.717, 1.165) is 30.2 Å². The number of nitrogens with two attached hydrogens (primary N) is 1. The lowest BCUT2D eigenvalue weighted by Crippen LogP contribution is -2.12. The van der Waals surface area contributed by atoms with Gasteiger partial charge in [0.2, 0.25) is 0 Å². The van der Waals surface area contributed by atoms with Gasteiger partial charge in [0.25, 0.3) is 0 Å². The lowest BCUT2D eigenvalue weighted by atomic mass is 10.4. The molecular formula is C10H17NOS. The molecule has 0 aliphatic rings. The first-order valence-corrected chi connectivity index (χ1v) is 5.70. The predicted octanol–water partition coefficient (Wildman–Crippen LogP) is 2.42. The Kier molecular flexibility index (Phi) is 4.39. The van der Waals surface area contributed by atoms with E-state index < -0.39 is 0 Å². The number of thioether (sulfide) groups is 1. The summed E-state index contributed by atoms with van der Waals surface area (Å²) in [6.45, 7) is 4.96. The summed E-state index contributed by atoms with van der Waals surface area (Å²) >= 11 is 1.83. The number of rotatable bonds is 5. The van der Waals surface area contributed by atoms with Gasteiger partial charge in [-0.05, 0) is 12.1 Å². The molecule has 1 atom stereocenters. The van der Waals surface area contributed by atoms with Gasteiger partial charge < -0.3 is 10.2 Å². The van der Waals surface area contributed by atoms with Crippen molar-refractivity contribution in [1.29, 1.82) is 0 Å². The van der Waals surface area contributed by atoms with Crippen LogP contribution in [0.3, 0.4) is 0 Å². The van der Waals surface area contributed by atoms with Gasteiger partial charge in [0.1, 0.15) is 11.5 Å². The van der Waals surface area contributed by atoms with Crippen LogP contribution in [0.25, 0.3) is 0 Å². The predicted molar refractivity (Wildman–Crippen MR) is 57.9 cm³/mol. The number of hydrogen-bond acceptors (Lipinski definition) is 3. The van der Waals surface area contributed by atoms with Gasteiger partial charge in [-0.25, -0.2) is 0 Å². The van der Waals surface area contributed by atoms with Crippen molar-refractivity contribution in [2.75, 3.05) is 6.54 Å². The Morgan fingerprint density at radius 3 is 2.69 bits per heavy atom. The summed E-state index contributed by atoms with van der Waals surface area (Å²) in [6.07, 6.45) is 0.969. The quantitative estimate of drug-likeness (QED) is 0.791. The summed E-state index contributed by atoms with van der Waals surface area (Å²) in [5.41, 5.74) is 5.52. The molecule has 2 nitrogen and oxygen atoms in total. The fourth-order valence-corrected chi connectivity index (χ4v) is 1.72. The molecule has 0 amide bonds.